The third-order valence-corrected chi connectivity index (χ3v) is 6.72. The van der Waals surface area contributed by atoms with E-state index < -0.39 is 11.4 Å². The summed E-state index contributed by atoms with van der Waals surface area (Å²) in [4.78, 5) is 22.7. The Bertz CT molecular complexity index is 1330. The number of aliphatic hydroxyl groups excluding tert-OH is 1. The van der Waals surface area contributed by atoms with Crippen molar-refractivity contribution in [2.24, 2.45) is 0 Å². The van der Waals surface area contributed by atoms with Gasteiger partial charge in [-0.3, -0.25) is 0 Å². The monoisotopic (exact) mass is 580 g/mol. The van der Waals surface area contributed by atoms with E-state index in [2.05, 4.69) is 15.3 Å². The second-order valence-corrected chi connectivity index (χ2v) is 10.9. The molecule has 0 saturated carbocycles. The molecule has 9 nitrogen and oxygen atoms in total. The van der Waals surface area contributed by atoms with Crippen molar-refractivity contribution in [2.75, 3.05) is 31.6 Å². The van der Waals surface area contributed by atoms with Crippen molar-refractivity contribution in [3.8, 4) is 11.5 Å². The highest BCUT2D eigenvalue weighted by atomic mass is 35.5. The maximum Gasteiger partial charge on any atom is 0.410 e. The molecule has 39 heavy (non-hydrogen) atoms. The van der Waals surface area contributed by atoms with Crippen LogP contribution in [0.5, 0.6) is 11.5 Å². The fourth-order valence-electron chi connectivity index (χ4n) is 4.03. The van der Waals surface area contributed by atoms with Crippen molar-refractivity contribution in [3.63, 3.8) is 0 Å². The van der Waals surface area contributed by atoms with Crippen LogP contribution >= 0.6 is 23.2 Å². The molecule has 1 amide bonds. The molecule has 1 aliphatic heterocycles. The number of amides is 1. The summed E-state index contributed by atoms with van der Waals surface area (Å²) in [7, 11) is 0. The molecule has 1 aromatic heterocycles. The highest BCUT2D eigenvalue weighted by Crippen LogP contribution is 2.38. The van der Waals surface area contributed by atoms with E-state index in [1.54, 1.807) is 17.0 Å². The fraction of sp³-hybridized carbons (Fsp3) is 0.444. The minimum atomic E-state index is -0.701. The SMILES string of the molecule is CC(C)(C)OC(=O)N1CCC(Oc2cc3c(Nc4ccc(Cl)c(Cl)c4F)ncnc3cc2OCCCO)CC1. The van der Waals surface area contributed by atoms with Gasteiger partial charge in [-0.05, 0) is 39.0 Å². The molecule has 0 radical (unpaired) electrons. The van der Waals surface area contributed by atoms with Gasteiger partial charge in [-0.1, -0.05) is 23.2 Å². The second-order valence-electron chi connectivity index (χ2n) is 10.1. The number of carbonyl (C=O) groups excluding carboxylic acids is 1. The summed E-state index contributed by atoms with van der Waals surface area (Å²) in [6.07, 6.45) is 2.46. The van der Waals surface area contributed by atoms with E-state index in [4.69, 9.17) is 37.4 Å². The first-order valence-corrected chi connectivity index (χ1v) is 13.4. The average Bonchev–Trinajstić information content (AvgIpc) is 2.89. The predicted molar refractivity (Wildman–Crippen MR) is 148 cm³/mol. The molecule has 1 aliphatic rings. The summed E-state index contributed by atoms with van der Waals surface area (Å²) in [5, 5.41) is 12.6. The van der Waals surface area contributed by atoms with Gasteiger partial charge in [-0.15, -0.1) is 0 Å². The van der Waals surface area contributed by atoms with E-state index in [1.807, 2.05) is 20.8 Å². The summed E-state index contributed by atoms with van der Waals surface area (Å²) < 4.78 is 32.5. The number of aliphatic hydroxyl groups is 1. The minimum Gasteiger partial charge on any atom is -0.490 e. The van der Waals surface area contributed by atoms with Crippen LogP contribution in [0.3, 0.4) is 0 Å². The minimum absolute atomic E-state index is 0.0155. The number of benzene rings is 2. The van der Waals surface area contributed by atoms with E-state index in [1.165, 1.54) is 18.5 Å². The third-order valence-electron chi connectivity index (χ3n) is 5.94. The number of rotatable bonds is 8. The van der Waals surface area contributed by atoms with Crippen molar-refractivity contribution in [2.45, 2.75) is 51.7 Å². The van der Waals surface area contributed by atoms with Crippen LogP contribution in [0, 0.1) is 5.82 Å². The Labute approximate surface area is 236 Å². The van der Waals surface area contributed by atoms with Crippen molar-refractivity contribution in [1.29, 1.82) is 0 Å². The van der Waals surface area contributed by atoms with Crippen LogP contribution in [0.4, 0.5) is 20.7 Å². The Kier molecular flexibility index (Phi) is 9.19. The quantitative estimate of drug-likeness (QED) is 0.234. The van der Waals surface area contributed by atoms with Gasteiger partial charge < -0.3 is 29.5 Å². The number of hydrogen-bond acceptors (Lipinski definition) is 8. The van der Waals surface area contributed by atoms with Gasteiger partial charge in [0.25, 0.3) is 0 Å². The first-order chi connectivity index (χ1) is 18.6. The number of piperidine rings is 1. The summed E-state index contributed by atoms with van der Waals surface area (Å²) in [6, 6.07) is 6.42. The molecule has 0 spiro atoms. The van der Waals surface area contributed by atoms with Crippen molar-refractivity contribution in [3.05, 3.63) is 46.5 Å². The summed E-state index contributed by atoms with van der Waals surface area (Å²) in [5.74, 6) is 0.538. The van der Waals surface area contributed by atoms with E-state index in [0.29, 0.717) is 60.6 Å². The fourth-order valence-corrected chi connectivity index (χ4v) is 4.34. The lowest BCUT2D eigenvalue weighted by atomic mass is 10.1. The van der Waals surface area contributed by atoms with Gasteiger partial charge in [0.2, 0.25) is 0 Å². The second kappa shape index (κ2) is 12.4. The first-order valence-electron chi connectivity index (χ1n) is 12.6. The smallest absolute Gasteiger partial charge is 0.410 e. The Balaban J connectivity index is 1.58. The molecule has 0 atom stereocenters. The van der Waals surface area contributed by atoms with Gasteiger partial charge in [-0.2, -0.15) is 0 Å². The van der Waals surface area contributed by atoms with E-state index in [0.717, 1.165) is 0 Å². The zero-order valence-corrected chi connectivity index (χ0v) is 23.5. The number of aromatic nitrogens is 2. The van der Waals surface area contributed by atoms with Gasteiger partial charge in [-0.25, -0.2) is 19.2 Å². The zero-order valence-electron chi connectivity index (χ0n) is 22.0. The maximum absolute atomic E-state index is 14.7. The number of anilines is 2. The molecule has 210 valence electrons. The predicted octanol–water partition coefficient (Wildman–Crippen LogP) is 6.36. The van der Waals surface area contributed by atoms with Crippen LogP contribution in [0.1, 0.15) is 40.0 Å². The Morgan fingerprint density at radius 1 is 1.18 bits per heavy atom. The van der Waals surface area contributed by atoms with Crippen LogP contribution in [0.2, 0.25) is 10.0 Å². The third kappa shape index (κ3) is 7.32. The molecular weight excluding hydrogens is 550 g/mol. The molecule has 0 aliphatic carbocycles. The lowest BCUT2D eigenvalue weighted by Gasteiger charge is -2.33. The first kappa shape index (κ1) is 28.9. The number of fused-ring (bicyclic) bond motifs is 1. The van der Waals surface area contributed by atoms with E-state index in [-0.39, 0.29) is 41.1 Å². The van der Waals surface area contributed by atoms with Crippen molar-refractivity contribution < 1.29 is 28.5 Å². The molecule has 1 saturated heterocycles. The normalized spacial score (nSPS) is 14.4. The van der Waals surface area contributed by atoms with Crippen LogP contribution in [0.15, 0.2) is 30.6 Å². The molecule has 3 aromatic rings. The largest absolute Gasteiger partial charge is 0.490 e. The molecule has 2 heterocycles. The summed E-state index contributed by atoms with van der Waals surface area (Å²) in [5.41, 5.74) is 0.0773. The zero-order chi connectivity index (χ0) is 28.2. The van der Waals surface area contributed by atoms with E-state index >= 15 is 0 Å². The number of nitrogens with zero attached hydrogens (tertiary/aromatic N) is 3. The molecular formula is C27H31Cl2FN4O5. The van der Waals surface area contributed by atoms with Crippen LogP contribution in [0.25, 0.3) is 10.9 Å². The van der Waals surface area contributed by atoms with Gasteiger partial charge >= 0.3 is 6.09 Å². The Morgan fingerprint density at radius 2 is 1.92 bits per heavy atom. The highest BCUT2D eigenvalue weighted by molar-refractivity contribution is 6.42. The van der Waals surface area contributed by atoms with Crippen LogP contribution in [-0.4, -0.2) is 64.1 Å². The van der Waals surface area contributed by atoms with Crippen LogP contribution in [-0.2, 0) is 4.74 Å². The number of hydrogen-bond donors (Lipinski definition) is 2. The van der Waals surface area contributed by atoms with Gasteiger partial charge in [0, 0.05) is 50.4 Å². The van der Waals surface area contributed by atoms with E-state index in [9.17, 15) is 14.3 Å². The molecule has 1 fully saturated rings. The van der Waals surface area contributed by atoms with Crippen molar-refractivity contribution in [1.82, 2.24) is 14.9 Å². The van der Waals surface area contributed by atoms with Crippen LogP contribution < -0.4 is 14.8 Å². The summed E-state index contributed by atoms with van der Waals surface area (Å²) in [6.45, 7) is 6.74. The molecule has 0 bridgehead atoms. The standard InChI is InChI=1S/C27H31Cl2FN4O5/c1-27(2,3)39-26(36)34-9-7-16(8-10-34)38-22-13-17-20(14-21(22)37-12-4-11-35)31-15-32-25(17)33-19-6-5-18(28)23(29)24(19)30/h5-6,13-16,35H,4,7-12H2,1-3H3,(H,31,32,33). The number of halogens is 3. The molecule has 4 rings (SSSR count). The number of likely N-dealkylation sites (tertiary alicyclic amines) is 1. The number of ether oxygens (including phenoxy) is 3. The lowest BCUT2D eigenvalue weighted by Crippen LogP contribution is -2.44. The van der Waals surface area contributed by atoms with Crippen molar-refractivity contribution >= 4 is 51.7 Å². The summed E-state index contributed by atoms with van der Waals surface area (Å²) >= 11 is 11.9. The van der Waals surface area contributed by atoms with Gasteiger partial charge in [0.05, 0.1) is 27.9 Å². The number of carbonyl (C=O) groups is 1. The topological polar surface area (TPSA) is 106 Å². The lowest BCUT2D eigenvalue weighted by molar-refractivity contribution is 0.0124. The molecule has 12 heteroatoms. The highest BCUT2D eigenvalue weighted by Gasteiger charge is 2.28. The maximum atomic E-state index is 14.7. The average molecular weight is 581 g/mol. The molecule has 0 unspecified atom stereocenters. The molecule has 2 aromatic carbocycles. The Hall–Kier alpha value is -3.08. The number of nitrogens with one attached hydrogen (secondary N) is 1. The Morgan fingerprint density at radius 3 is 2.62 bits per heavy atom. The van der Waals surface area contributed by atoms with Gasteiger partial charge in [0.1, 0.15) is 23.9 Å². The van der Waals surface area contributed by atoms with Gasteiger partial charge in [0.15, 0.2) is 17.3 Å². The molecule has 2 N–H and O–H groups in total.